The lowest BCUT2D eigenvalue weighted by molar-refractivity contribution is 0.283. The van der Waals surface area contributed by atoms with E-state index in [9.17, 15) is 0 Å². The fourth-order valence-electron chi connectivity index (χ4n) is 1.65. The predicted molar refractivity (Wildman–Crippen MR) is 65.8 cm³/mol. The van der Waals surface area contributed by atoms with Crippen LogP contribution < -0.4 is 10.1 Å². The van der Waals surface area contributed by atoms with Crippen molar-refractivity contribution in [3.05, 3.63) is 29.3 Å². The van der Waals surface area contributed by atoms with E-state index in [2.05, 4.69) is 17.4 Å². The van der Waals surface area contributed by atoms with Crippen LogP contribution >= 0.6 is 0 Å². The third-order valence-electron chi connectivity index (χ3n) is 2.55. The Morgan fingerprint density at radius 3 is 2.75 bits per heavy atom. The summed E-state index contributed by atoms with van der Waals surface area (Å²) in [6.07, 6.45) is 1.89. The first-order valence-corrected chi connectivity index (χ1v) is 5.73. The topological polar surface area (TPSA) is 41.5 Å². The van der Waals surface area contributed by atoms with Crippen LogP contribution in [0.1, 0.15) is 24.0 Å². The van der Waals surface area contributed by atoms with Gasteiger partial charge in [0.05, 0.1) is 7.11 Å². The minimum Gasteiger partial charge on any atom is -0.496 e. The Balaban J connectivity index is 2.34. The molecule has 0 aliphatic heterocycles. The van der Waals surface area contributed by atoms with Crippen molar-refractivity contribution in [2.24, 2.45) is 0 Å². The molecule has 2 N–H and O–H groups in total. The molecule has 16 heavy (non-hydrogen) atoms. The molecule has 1 aromatic carbocycles. The van der Waals surface area contributed by atoms with E-state index in [1.165, 1.54) is 5.56 Å². The molecular weight excluding hydrogens is 202 g/mol. The molecule has 0 unspecified atom stereocenters. The number of methoxy groups -OCH3 is 1. The number of ether oxygens (including phenoxy) is 1. The number of hydrogen-bond acceptors (Lipinski definition) is 3. The highest BCUT2D eigenvalue weighted by Gasteiger charge is 1.99. The van der Waals surface area contributed by atoms with Gasteiger partial charge in [-0.25, -0.2) is 0 Å². The van der Waals surface area contributed by atoms with Gasteiger partial charge in [-0.15, -0.1) is 0 Å². The highest BCUT2D eigenvalue weighted by atomic mass is 16.5. The van der Waals surface area contributed by atoms with Gasteiger partial charge in [-0.2, -0.15) is 0 Å². The fourth-order valence-corrected chi connectivity index (χ4v) is 1.65. The van der Waals surface area contributed by atoms with Crippen LogP contribution in [-0.4, -0.2) is 25.4 Å². The third-order valence-corrected chi connectivity index (χ3v) is 2.55. The molecule has 1 aromatic rings. The minimum absolute atomic E-state index is 0.281. The summed E-state index contributed by atoms with van der Waals surface area (Å²) in [6.45, 7) is 4.15. The Labute approximate surface area is 97.4 Å². The van der Waals surface area contributed by atoms with Gasteiger partial charge in [0, 0.05) is 13.2 Å². The van der Waals surface area contributed by atoms with Gasteiger partial charge in [0.25, 0.3) is 0 Å². The lowest BCUT2D eigenvalue weighted by atomic mass is 10.1. The summed E-state index contributed by atoms with van der Waals surface area (Å²) in [5.74, 6) is 0.934. The molecule has 0 heterocycles. The van der Waals surface area contributed by atoms with Gasteiger partial charge in [-0.1, -0.05) is 12.1 Å². The molecule has 0 fully saturated rings. The molecule has 3 heteroatoms. The standard InChI is InChI=1S/C13H21NO2/c1-11-9-12(5-6-13(11)16-2)10-14-7-3-4-8-15/h5-6,9,14-15H,3-4,7-8,10H2,1-2H3. The molecule has 0 spiro atoms. The molecule has 0 aliphatic carbocycles. The van der Waals surface area contributed by atoms with Gasteiger partial charge < -0.3 is 15.2 Å². The van der Waals surface area contributed by atoms with Crippen molar-refractivity contribution < 1.29 is 9.84 Å². The maximum Gasteiger partial charge on any atom is 0.121 e. The van der Waals surface area contributed by atoms with Gasteiger partial charge in [0.15, 0.2) is 0 Å². The van der Waals surface area contributed by atoms with Gasteiger partial charge >= 0.3 is 0 Å². The first kappa shape index (κ1) is 13.0. The summed E-state index contributed by atoms with van der Waals surface area (Å²) >= 11 is 0. The van der Waals surface area contributed by atoms with E-state index in [0.29, 0.717) is 0 Å². The van der Waals surface area contributed by atoms with Gasteiger partial charge in [-0.05, 0) is 43.5 Å². The molecule has 0 radical (unpaired) electrons. The molecule has 3 nitrogen and oxygen atoms in total. The van der Waals surface area contributed by atoms with Gasteiger partial charge in [-0.3, -0.25) is 0 Å². The largest absolute Gasteiger partial charge is 0.496 e. The maximum atomic E-state index is 8.64. The number of hydrogen-bond donors (Lipinski definition) is 2. The molecule has 0 bridgehead atoms. The highest BCUT2D eigenvalue weighted by Crippen LogP contribution is 2.18. The number of aryl methyl sites for hydroxylation is 1. The number of unbranched alkanes of at least 4 members (excludes halogenated alkanes) is 1. The summed E-state index contributed by atoms with van der Waals surface area (Å²) < 4.78 is 5.21. The van der Waals surface area contributed by atoms with Crippen molar-refractivity contribution in [1.82, 2.24) is 5.32 Å². The van der Waals surface area contributed by atoms with Crippen molar-refractivity contribution in [2.75, 3.05) is 20.3 Å². The molecular formula is C13H21NO2. The van der Waals surface area contributed by atoms with E-state index in [1.807, 2.05) is 13.0 Å². The van der Waals surface area contributed by atoms with Crippen molar-refractivity contribution in [2.45, 2.75) is 26.3 Å². The van der Waals surface area contributed by atoms with Gasteiger partial charge in [0.2, 0.25) is 0 Å². The van der Waals surface area contributed by atoms with Crippen LogP contribution in [0.25, 0.3) is 0 Å². The Hall–Kier alpha value is -1.06. The van der Waals surface area contributed by atoms with Crippen molar-refractivity contribution >= 4 is 0 Å². The lowest BCUT2D eigenvalue weighted by Crippen LogP contribution is -2.15. The molecule has 0 amide bonds. The molecule has 0 saturated heterocycles. The SMILES string of the molecule is COc1ccc(CNCCCCO)cc1C. The lowest BCUT2D eigenvalue weighted by Gasteiger charge is -2.08. The summed E-state index contributed by atoms with van der Waals surface area (Å²) in [6, 6.07) is 6.21. The van der Waals surface area contributed by atoms with E-state index in [1.54, 1.807) is 7.11 Å². The highest BCUT2D eigenvalue weighted by molar-refractivity contribution is 5.36. The zero-order chi connectivity index (χ0) is 11.8. The quantitative estimate of drug-likeness (QED) is 0.693. The van der Waals surface area contributed by atoms with Crippen molar-refractivity contribution in [1.29, 1.82) is 0 Å². The predicted octanol–water partition coefficient (Wildman–Crippen LogP) is 1.87. The Bertz CT molecular complexity index is 313. The smallest absolute Gasteiger partial charge is 0.121 e. The molecule has 1 rings (SSSR count). The van der Waals surface area contributed by atoms with Crippen LogP contribution in [0.4, 0.5) is 0 Å². The summed E-state index contributed by atoms with van der Waals surface area (Å²) in [5, 5.41) is 12.0. The number of rotatable bonds is 7. The first-order valence-electron chi connectivity index (χ1n) is 5.73. The van der Waals surface area contributed by atoms with E-state index >= 15 is 0 Å². The number of nitrogens with one attached hydrogen (secondary N) is 1. The molecule has 90 valence electrons. The summed E-state index contributed by atoms with van der Waals surface area (Å²) in [5.41, 5.74) is 2.43. The number of aliphatic hydroxyl groups is 1. The number of benzene rings is 1. The van der Waals surface area contributed by atoms with Crippen LogP contribution in [0.3, 0.4) is 0 Å². The van der Waals surface area contributed by atoms with Crippen LogP contribution in [0.15, 0.2) is 18.2 Å². The average molecular weight is 223 g/mol. The van der Waals surface area contributed by atoms with Crippen molar-refractivity contribution in [3.63, 3.8) is 0 Å². The normalized spacial score (nSPS) is 10.4. The molecule has 0 aliphatic rings. The molecule has 0 aromatic heterocycles. The summed E-state index contributed by atoms with van der Waals surface area (Å²) in [7, 11) is 1.69. The van der Waals surface area contributed by atoms with Gasteiger partial charge in [0.1, 0.15) is 5.75 Å². The van der Waals surface area contributed by atoms with E-state index < -0.39 is 0 Å². The third kappa shape index (κ3) is 4.21. The monoisotopic (exact) mass is 223 g/mol. The Kier molecular flexibility index (Phi) is 5.90. The Morgan fingerprint density at radius 1 is 1.31 bits per heavy atom. The van der Waals surface area contributed by atoms with E-state index in [4.69, 9.17) is 9.84 Å². The zero-order valence-corrected chi connectivity index (χ0v) is 10.1. The van der Waals surface area contributed by atoms with Crippen molar-refractivity contribution in [3.8, 4) is 5.75 Å². The number of aliphatic hydroxyl groups excluding tert-OH is 1. The maximum absolute atomic E-state index is 8.64. The molecule has 0 atom stereocenters. The fraction of sp³-hybridized carbons (Fsp3) is 0.538. The first-order chi connectivity index (χ1) is 7.77. The van der Waals surface area contributed by atoms with E-state index in [0.717, 1.165) is 37.2 Å². The second-order valence-corrected chi connectivity index (χ2v) is 3.91. The van der Waals surface area contributed by atoms with E-state index in [-0.39, 0.29) is 6.61 Å². The van der Waals surface area contributed by atoms with Crippen LogP contribution in [0, 0.1) is 6.92 Å². The average Bonchev–Trinajstić information content (AvgIpc) is 2.29. The summed E-state index contributed by atoms with van der Waals surface area (Å²) in [4.78, 5) is 0. The second-order valence-electron chi connectivity index (χ2n) is 3.91. The Morgan fingerprint density at radius 2 is 2.12 bits per heavy atom. The van der Waals surface area contributed by atoms with Crippen LogP contribution in [0.2, 0.25) is 0 Å². The minimum atomic E-state index is 0.281. The van der Waals surface area contributed by atoms with Crippen LogP contribution in [0.5, 0.6) is 5.75 Å². The molecule has 0 saturated carbocycles. The van der Waals surface area contributed by atoms with Crippen LogP contribution in [-0.2, 0) is 6.54 Å². The zero-order valence-electron chi connectivity index (χ0n) is 10.1. The second kappa shape index (κ2) is 7.25.